The Balaban J connectivity index is 2.46. The molecule has 0 aliphatic carbocycles. The number of amides is 1. The second kappa shape index (κ2) is 13.4. The number of nitriles is 1. The number of rotatable bonds is 14. The Morgan fingerprint density at radius 3 is 2.47 bits per heavy atom. The van der Waals surface area contributed by atoms with Gasteiger partial charge in [0.2, 0.25) is 6.41 Å². The summed E-state index contributed by atoms with van der Waals surface area (Å²) in [5, 5.41) is 28.7. The second-order valence-electron chi connectivity index (χ2n) is 7.22. The van der Waals surface area contributed by atoms with Gasteiger partial charge in [-0.15, -0.1) is 0 Å². The van der Waals surface area contributed by atoms with E-state index in [1.165, 1.54) is 12.4 Å². The number of anilines is 2. The van der Waals surface area contributed by atoms with Crippen molar-refractivity contribution in [3.63, 3.8) is 0 Å². The molecule has 0 bridgehead atoms. The minimum Gasteiger partial charge on any atom is -0.481 e. The van der Waals surface area contributed by atoms with Crippen LogP contribution in [-0.2, 0) is 28.6 Å². The van der Waals surface area contributed by atoms with Crippen molar-refractivity contribution in [2.75, 3.05) is 63.5 Å². The summed E-state index contributed by atoms with van der Waals surface area (Å²) in [6.07, 6.45) is 1.22. The quantitative estimate of drug-likeness (QED) is 0.311. The zero-order valence-electron chi connectivity index (χ0n) is 18.9. The third-order valence-electron chi connectivity index (χ3n) is 5.16. The number of carboxylic acid groups (broad SMARTS) is 2. The highest BCUT2D eigenvalue weighted by atomic mass is 16.5. The number of hydrogen-bond acceptors (Lipinski definition) is 11. The molecule has 14 nitrogen and oxygen atoms in total. The van der Waals surface area contributed by atoms with Crippen LogP contribution in [0.4, 0.5) is 11.6 Å². The lowest BCUT2D eigenvalue weighted by Crippen LogP contribution is -2.59. The van der Waals surface area contributed by atoms with Gasteiger partial charge in [-0.25, -0.2) is 14.8 Å². The number of hydrogen-bond donors (Lipinski definition) is 2. The summed E-state index contributed by atoms with van der Waals surface area (Å²) in [7, 11) is 3.11. The lowest BCUT2D eigenvalue weighted by molar-refractivity contribution is -0.145. The van der Waals surface area contributed by atoms with Gasteiger partial charge in [0.25, 0.3) is 0 Å². The predicted octanol–water partition coefficient (Wildman–Crippen LogP) is -0.983. The van der Waals surface area contributed by atoms with Gasteiger partial charge in [0.15, 0.2) is 17.7 Å². The second-order valence-corrected chi connectivity index (χ2v) is 7.22. The van der Waals surface area contributed by atoms with Gasteiger partial charge in [0.1, 0.15) is 12.3 Å². The largest absolute Gasteiger partial charge is 0.481 e. The first-order valence-electron chi connectivity index (χ1n) is 10.4. The van der Waals surface area contributed by atoms with E-state index in [0.29, 0.717) is 31.2 Å². The molecule has 0 radical (unpaired) electrons. The Bertz CT molecular complexity index is 873. The normalized spacial score (nSPS) is 18.8. The number of aliphatic carboxylic acids is 2. The number of carbonyl (C=O) groups excluding carboxylic acids is 1. The zero-order chi connectivity index (χ0) is 25.1. The molecular weight excluding hydrogens is 452 g/mol. The summed E-state index contributed by atoms with van der Waals surface area (Å²) >= 11 is 0. The summed E-state index contributed by atoms with van der Waals surface area (Å²) < 4.78 is 16.2. The van der Waals surface area contributed by atoms with Crippen molar-refractivity contribution in [1.29, 1.82) is 5.26 Å². The van der Waals surface area contributed by atoms with E-state index in [-0.39, 0.29) is 31.2 Å². The average molecular weight is 480 g/mol. The van der Waals surface area contributed by atoms with Crippen LogP contribution in [0.1, 0.15) is 6.42 Å². The Morgan fingerprint density at radius 2 is 1.94 bits per heavy atom. The highest BCUT2D eigenvalue weighted by Crippen LogP contribution is 2.31. The van der Waals surface area contributed by atoms with Crippen molar-refractivity contribution in [1.82, 2.24) is 14.9 Å². The van der Waals surface area contributed by atoms with Crippen molar-refractivity contribution in [2.24, 2.45) is 0 Å². The molecule has 0 aromatic carbocycles. The molecule has 186 valence electrons. The highest BCUT2D eigenvalue weighted by Gasteiger charge is 2.40. The monoisotopic (exact) mass is 480 g/mol. The molecule has 1 aromatic heterocycles. The molecule has 2 heterocycles. The standard InChI is InChI=1S/C20H28N6O8/c1-32-8-5-24(6-9-33-2)19-15(12-21)25(7-10-34-19)17-18(23-4-3-22-17)26(13-27)14(20(30)31)11-16(28)29/h3-4,13-15,19H,5-11H2,1-2H3,(H,28,29)(H,30,31). The van der Waals surface area contributed by atoms with E-state index in [9.17, 15) is 24.8 Å². The van der Waals surface area contributed by atoms with Crippen LogP contribution in [-0.4, -0.2) is 115 Å². The van der Waals surface area contributed by atoms with Crippen molar-refractivity contribution in [3.05, 3.63) is 12.4 Å². The number of carbonyl (C=O) groups is 3. The number of ether oxygens (including phenoxy) is 3. The van der Waals surface area contributed by atoms with E-state index < -0.39 is 36.7 Å². The lowest BCUT2D eigenvalue weighted by atomic mass is 10.1. The lowest BCUT2D eigenvalue weighted by Gasteiger charge is -2.43. The van der Waals surface area contributed by atoms with Crippen LogP contribution >= 0.6 is 0 Å². The maximum absolute atomic E-state index is 11.9. The molecule has 0 saturated carbocycles. The third kappa shape index (κ3) is 6.58. The van der Waals surface area contributed by atoms with Crippen LogP contribution in [0.5, 0.6) is 0 Å². The molecule has 3 atom stereocenters. The van der Waals surface area contributed by atoms with Crippen LogP contribution in [0.15, 0.2) is 12.4 Å². The Kier molecular flexibility index (Phi) is 10.6. The van der Waals surface area contributed by atoms with Gasteiger partial charge < -0.3 is 29.3 Å². The van der Waals surface area contributed by atoms with Gasteiger partial charge in [-0.1, -0.05) is 0 Å². The first kappa shape index (κ1) is 26.9. The number of methoxy groups -OCH3 is 2. The van der Waals surface area contributed by atoms with E-state index in [1.54, 1.807) is 19.1 Å². The Hall–Kier alpha value is -3.38. The van der Waals surface area contributed by atoms with Gasteiger partial charge in [-0.05, 0) is 0 Å². The van der Waals surface area contributed by atoms with E-state index in [2.05, 4.69) is 16.0 Å². The first-order valence-corrected chi connectivity index (χ1v) is 10.4. The minimum absolute atomic E-state index is 0.0597. The fourth-order valence-electron chi connectivity index (χ4n) is 3.56. The van der Waals surface area contributed by atoms with Crippen LogP contribution in [0, 0.1) is 11.3 Å². The fourth-order valence-corrected chi connectivity index (χ4v) is 3.56. The fraction of sp³-hybridized carbons (Fsp3) is 0.600. The van der Waals surface area contributed by atoms with Crippen LogP contribution < -0.4 is 9.80 Å². The van der Waals surface area contributed by atoms with Gasteiger partial charge in [-0.2, -0.15) is 5.26 Å². The van der Waals surface area contributed by atoms with E-state index in [1.807, 2.05) is 4.90 Å². The third-order valence-corrected chi connectivity index (χ3v) is 5.16. The van der Waals surface area contributed by atoms with Gasteiger partial charge >= 0.3 is 11.9 Å². The molecule has 3 unspecified atom stereocenters. The summed E-state index contributed by atoms with van der Waals surface area (Å²) in [6.45, 7) is 2.06. The molecule has 1 amide bonds. The summed E-state index contributed by atoms with van der Waals surface area (Å²) in [5.41, 5.74) is 0. The summed E-state index contributed by atoms with van der Waals surface area (Å²) in [5.74, 6) is -3.04. The van der Waals surface area contributed by atoms with Gasteiger partial charge in [0, 0.05) is 46.2 Å². The SMILES string of the molecule is COCCN(CCOC)C1OCCN(c2nccnc2N(C=O)C(CC(=O)O)C(=O)O)C1C#N. The minimum atomic E-state index is -1.72. The molecule has 1 aliphatic heterocycles. The molecule has 1 aromatic rings. The molecule has 1 aliphatic rings. The highest BCUT2D eigenvalue weighted by molar-refractivity contribution is 5.92. The Morgan fingerprint density at radius 1 is 1.29 bits per heavy atom. The van der Waals surface area contributed by atoms with Crippen molar-refractivity contribution >= 4 is 30.0 Å². The number of carboxylic acids is 2. The Labute approximate surface area is 196 Å². The van der Waals surface area contributed by atoms with Gasteiger partial charge in [0.05, 0.1) is 32.3 Å². The predicted molar refractivity (Wildman–Crippen MR) is 116 cm³/mol. The molecule has 2 N–H and O–H groups in total. The smallest absolute Gasteiger partial charge is 0.327 e. The van der Waals surface area contributed by atoms with Crippen LogP contribution in [0.3, 0.4) is 0 Å². The van der Waals surface area contributed by atoms with E-state index in [4.69, 9.17) is 19.3 Å². The number of nitrogens with zero attached hydrogens (tertiary/aromatic N) is 6. The van der Waals surface area contributed by atoms with Crippen molar-refractivity contribution in [2.45, 2.75) is 24.7 Å². The van der Waals surface area contributed by atoms with Crippen molar-refractivity contribution in [3.8, 4) is 6.07 Å². The van der Waals surface area contributed by atoms with E-state index >= 15 is 0 Å². The molecular formula is C20H28N6O8. The van der Waals surface area contributed by atoms with Crippen LogP contribution in [0.2, 0.25) is 0 Å². The maximum Gasteiger partial charge on any atom is 0.327 e. The van der Waals surface area contributed by atoms with Gasteiger partial charge in [-0.3, -0.25) is 19.4 Å². The molecule has 14 heteroatoms. The number of aromatic nitrogens is 2. The maximum atomic E-state index is 11.9. The van der Waals surface area contributed by atoms with Crippen LogP contribution in [0.25, 0.3) is 0 Å². The van der Waals surface area contributed by atoms with Crippen molar-refractivity contribution < 1.29 is 38.8 Å². The molecule has 0 spiro atoms. The topological polar surface area (TPSA) is 179 Å². The number of morpholine rings is 1. The first-order chi connectivity index (χ1) is 16.4. The average Bonchev–Trinajstić information content (AvgIpc) is 2.83. The zero-order valence-corrected chi connectivity index (χ0v) is 18.9. The molecule has 1 fully saturated rings. The molecule has 2 rings (SSSR count). The summed E-state index contributed by atoms with van der Waals surface area (Å²) in [4.78, 5) is 47.3. The molecule has 1 saturated heterocycles. The van der Waals surface area contributed by atoms with E-state index in [0.717, 1.165) is 0 Å². The molecule has 34 heavy (non-hydrogen) atoms. The summed E-state index contributed by atoms with van der Waals surface area (Å²) in [6, 6.07) is -0.431.